The zero-order valence-electron chi connectivity index (χ0n) is 9.87. The highest BCUT2D eigenvalue weighted by Crippen LogP contribution is 2.28. The Morgan fingerprint density at radius 3 is 2.67 bits per heavy atom. The minimum Gasteiger partial charge on any atom is -0.399 e. The van der Waals surface area contributed by atoms with Crippen molar-refractivity contribution in [1.82, 2.24) is 0 Å². The molecule has 0 aromatic heterocycles. The summed E-state index contributed by atoms with van der Waals surface area (Å²) in [6.45, 7) is 1.98. The number of nitrogens with one attached hydrogen (secondary N) is 1. The van der Waals surface area contributed by atoms with Crippen molar-refractivity contribution >= 4 is 28.7 Å². The minimum absolute atomic E-state index is 0.493. The number of hydrogen-bond donors (Lipinski definition) is 2. The van der Waals surface area contributed by atoms with Gasteiger partial charge in [0.2, 0.25) is 0 Å². The van der Waals surface area contributed by atoms with Gasteiger partial charge in [0.15, 0.2) is 0 Å². The highest BCUT2D eigenvalue weighted by Gasteiger charge is 2.05. The molecule has 0 aliphatic heterocycles. The molecule has 90 valence electrons. The van der Waals surface area contributed by atoms with E-state index in [1.807, 2.05) is 25.1 Å². The van der Waals surface area contributed by atoms with Gasteiger partial charge in [-0.1, -0.05) is 17.7 Å². The second kappa shape index (κ2) is 4.99. The second-order valence-electron chi connectivity index (χ2n) is 4.03. The molecule has 0 aliphatic carbocycles. The summed E-state index contributed by atoms with van der Waals surface area (Å²) in [5.74, 6) is 0. The summed E-state index contributed by atoms with van der Waals surface area (Å²) in [6.07, 6.45) is 0. The molecule has 0 atom stereocenters. The predicted octanol–water partition coefficient (Wildman–Crippen LogP) is 3.85. The Hall–Kier alpha value is -2.18. The molecule has 0 unspecified atom stereocenters. The Morgan fingerprint density at radius 1 is 1.17 bits per heavy atom. The van der Waals surface area contributed by atoms with Crippen LogP contribution < -0.4 is 11.1 Å². The molecule has 0 heterocycles. The van der Waals surface area contributed by atoms with Crippen molar-refractivity contribution in [1.29, 1.82) is 5.26 Å². The maximum absolute atomic E-state index is 9.07. The van der Waals surface area contributed by atoms with Crippen LogP contribution >= 0.6 is 11.6 Å². The third-order valence-electron chi connectivity index (χ3n) is 2.56. The van der Waals surface area contributed by atoms with E-state index in [9.17, 15) is 0 Å². The zero-order chi connectivity index (χ0) is 13.1. The van der Waals surface area contributed by atoms with Crippen molar-refractivity contribution in [2.45, 2.75) is 6.92 Å². The largest absolute Gasteiger partial charge is 0.399 e. The van der Waals surface area contributed by atoms with Gasteiger partial charge in [-0.05, 0) is 42.8 Å². The number of nitrogen functional groups attached to an aromatic ring is 1. The van der Waals surface area contributed by atoms with Gasteiger partial charge in [0.1, 0.15) is 6.07 Å². The highest BCUT2D eigenvalue weighted by atomic mass is 35.5. The van der Waals surface area contributed by atoms with Crippen LogP contribution in [0.1, 0.15) is 11.1 Å². The number of benzene rings is 2. The Labute approximate surface area is 111 Å². The van der Waals surface area contributed by atoms with Crippen LogP contribution in [0.15, 0.2) is 36.4 Å². The molecule has 0 saturated carbocycles. The first kappa shape index (κ1) is 12.3. The van der Waals surface area contributed by atoms with Crippen LogP contribution in [0.25, 0.3) is 0 Å². The van der Waals surface area contributed by atoms with Gasteiger partial charge in [0.05, 0.1) is 22.0 Å². The van der Waals surface area contributed by atoms with Gasteiger partial charge in [-0.2, -0.15) is 5.26 Å². The van der Waals surface area contributed by atoms with Gasteiger partial charge in [-0.15, -0.1) is 0 Å². The first-order valence-corrected chi connectivity index (χ1v) is 5.81. The molecule has 18 heavy (non-hydrogen) atoms. The normalized spacial score (nSPS) is 9.83. The Morgan fingerprint density at radius 2 is 1.94 bits per heavy atom. The van der Waals surface area contributed by atoms with Crippen LogP contribution in [0.3, 0.4) is 0 Å². The molecule has 2 rings (SSSR count). The van der Waals surface area contributed by atoms with E-state index in [2.05, 4.69) is 11.4 Å². The average Bonchev–Trinajstić information content (AvgIpc) is 2.36. The number of nitriles is 1. The lowest BCUT2D eigenvalue weighted by molar-refractivity contribution is 1.43. The predicted molar refractivity (Wildman–Crippen MR) is 75.0 cm³/mol. The van der Waals surface area contributed by atoms with Crippen LogP contribution in [-0.2, 0) is 0 Å². The van der Waals surface area contributed by atoms with Crippen molar-refractivity contribution in [3.05, 3.63) is 52.5 Å². The monoisotopic (exact) mass is 257 g/mol. The van der Waals surface area contributed by atoms with E-state index in [1.165, 1.54) is 0 Å². The van der Waals surface area contributed by atoms with E-state index in [0.717, 1.165) is 11.3 Å². The molecule has 2 aromatic carbocycles. The summed E-state index contributed by atoms with van der Waals surface area (Å²) in [5.41, 5.74) is 9.26. The molecule has 2 aromatic rings. The lowest BCUT2D eigenvalue weighted by Crippen LogP contribution is -1.96. The molecule has 4 heteroatoms. The third kappa shape index (κ3) is 2.55. The first-order valence-electron chi connectivity index (χ1n) is 5.43. The van der Waals surface area contributed by atoms with Gasteiger partial charge >= 0.3 is 0 Å². The van der Waals surface area contributed by atoms with Gasteiger partial charge in [0.25, 0.3) is 0 Å². The molecular formula is C14H12ClN3. The van der Waals surface area contributed by atoms with Gasteiger partial charge < -0.3 is 11.1 Å². The quantitative estimate of drug-likeness (QED) is 0.804. The smallest absolute Gasteiger partial charge is 0.101 e. The van der Waals surface area contributed by atoms with E-state index in [-0.39, 0.29) is 0 Å². The van der Waals surface area contributed by atoms with E-state index >= 15 is 0 Å². The second-order valence-corrected chi connectivity index (χ2v) is 4.43. The first-order chi connectivity index (χ1) is 8.60. The summed E-state index contributed by atoms with van der Waals surface area (Å²) in [6, 6.07) is 12.9. The van der Waals surface area contributed by atoms with Crippen LogP contribution in [0.5, 0.6) is 0 Å². The number of aryl methyl sites for hydroxylation is 1. The maximum Gasteiger partial charge on any atom is 0.101 e. The van der Waals surface area contributed by atoms with Crippen LogP contribution in [0.4, 0.5) is 17.1 Å². The zero-order valence-corrected chi connectivity index (χ0v) is 10.6. The Balaban J connectivity index is 2.40. The lowest BCUT2D eigenvalue weighted by atomic mass is 10.1. The molecule has 0 spiro atoms. The molecule has 0 saturated heterocycles. The molecule has 3 N–H and O–H groups in total. The molecule has 0 radical (unpaired) electrons. The van der Waals surface area contributed by atoms with E-state index in [4.69, 9.17) is 22.6 Å². The molecular weight excluding hydrogens is 246 g/mol. The SMILES string of the molecule is Cc1ccc(Cl)c(Nc2ccc(N)cc2C#N)c1. The van der Waals surface area contributed by atoms with Crippen molar-refractivity contribution < 1.29 is 0 Å². The molecule has 0 aliphatic rings. The topological polar surface area (TPSA) is 61.8 Å². The fraction of sp³-hybridized carbons (Fsp3) is 0.0714. The van der Waals surface area contributed by atoms with Crippen LogP contribution in [0, 0.1) is 18.3 Å². The number of anilines is 3. The Bertz CT molecular complexity index is 629. The van der Waals surface area contributed by atoms with E-state index < -0.39 is 0 Å². The van der Waals surface area contributed by atoms with E-state index in [1.54, 1.807) is 18.2 Å². The van der Waals surface area contributed by atoms with Gasteiger partial charge in [-0.25, -0.2) is 0 Å². The highest BCUT2D eigenvalue weighted by molar-refractivity contribution is 6.33. The molecule has 3 nitrogen and oxygen atoms in total. The lowest BCUT2D eigenvalue weighted by Gasteiger charge is -2.11. The molecule has 0 amide bonds. The van der Waals surface area contributed by atoms with Crippen molar-refractivity contribution in [2.24, 2.45) is 0 Å². The van der Waals surface area contributed by atoms with Crippen LogP contribution in [0.2, 0.25) is 5.02 Å². The summed E-state index contributed by atoms with van der Waals surface area (Å²) < 4.78 is 0. The van der Waals surface area contributed by atoms with Crippen molar-refractivity contribution in [3.8, 4) is 6.07 Å². The third-order valence-corrected chi connectivity index (χ3v) is 2.88. The minimum atomic E-state index is 0.493. The van der Waals surface area contributed by atoms with Crippen molar-refractivity contribution in [2.75, 3.05) is 11.1 Å². The number of hydrogen-bond acceptors (Lipinski definition) is 3. The molecule has 0 bridgehead atoms. The summed E-state index contributed by atoms with van der Waals surface area (Å²) in [4.78, 5) is 0. The standard InChI is InChI=1S/C14H12ClN3/c1-9-2-4-12(15)14(6-9)18-13-5-3-11(17)7-10(13)8-16/h2-7,18H,17H2,1H3. The summed E-state index contributed by atoms with van der Waals surface area (Å²) in [5, 5.41) is 12.8. The number of rotatable bonds is 2. The van der Waals surface area contributed by atoms with E-state index in [0.29, 0.717) is 22.0 Å². The number of nitrogens with zero attached hydrogens (tertiary/aromatic N) is 1. The van der Waals surface area contributed by atoms with Gasteiger partial charge in [0, 0.05) is 5.69 Å². The van der Waals surface area contributed by atoms with Gasteiger partial charge in [-0.3, -0.25) is 0 Å². The molecule has 0 fully saturated rings. The summed E-state index contributed by atoms with van der Waals surface area (Å²) >= 11 is 6.10. The number of halogens is 1. The van der Waals surface area contributed by atoms with Crippen LogP contribution in [-0.4, -0.2) is 0 Å². The number of nitrogens with two attached hydrogens (primary N) is 1. The Kier molecular flexibility index (Phi) is 3.40. The summed E-state index contributed by atoms with van der Waals surface area (Å²) in [7, 11) is 0. The maximum atomic E-state index is 9.07. The average molecular weight is 258 g/mol. The fourth-order valence-corrected chi connectivity index (χ4v) is 1.81. The van der Waals surface area contributed by atoms with Crippen molar-refractivity contribution in [3.63, 3.8) is 0 Å². The fourth-order valence-electron chi connectivity index (χ4n) is 1.64.